The molecule has 1 atom stereocenters. The number of benzene rings is 1. The summed E-state index contributed by atoms with van der Waals surface area (Å²) in [7, 11) is 0. The summed E-state index contributed by atoms with van der Waals surface area (Å²) >= 11 is 1.32. The lowest BCUT2D eigenvalue weighted by Crippen LogP contribution is -2.37. The fraction of sp³-hybridized carbons (Fsp3) is 0.444. The maximum Gasteiger partial charge on any atom is 0.416 e. The third-order valence-electron chi connectivity index (χ3n) is 4.35. The van der Waals surface area contributed by atoms with E-state index < -0.39 is 11.7 Å². The molecule has 0 radical (unpaired) electrons. The molecule has 4 nitrogen and oxygen atoms in total. The van der Waals surface area contributed by atoms with Crippen molar-refractivity contribution in [2.24, 2.45) is 5.92 Å². The van der Waals surface area contributed by atoms with Gasteiger partial charge in [-0.05, 0) is 37.9 Å². The van der Waals surface area contributed by atoms with Crippen LogP contribution in [0.25, 0.3) is 0 Å². The minimum Gasteiger partial charge on any atom is -0.316 e. The van der Waals surface area contributed by atoms with E-state index in [4.69, 9.17) is 0 Å². The van der Waals surface area contributed by atoms with Gasteiger partial charge in [0.05, 0.1) is 22.2 Å². The lowest BCUT2D eigenvalue weighted by molar-refractivity contribution is -0.137. The number of rotatable bonds is 4. The maximum absolute atomic E-state index is 12.8. The Hall–Kier alpha value is -1.64. The van der Waals surface area contributed by atoms with Crippen LogP contribution in [-0.2, 0) is 17.4 Å². The van der Waals surface area contributed by atoms with E-state index in [9.17, 15) is 18.0 Å². The number of amides is 1. The van der Waals surface area contributed by atoms with Gasteiger partial charge in [0, 0.05) is 13.0 Å². The van der Waals surface area contributed by atoms with Crippen LogP contribution in [0.2, 0.25) is 0 Å². The highest BCUT2D eigenvalue weighted by Crippen LogP contribution is 2.31. The molecule has 2 N–H and O–H groups in total. The standard InChI is InChI=1S/C18H20F3N3OS.ClH/c1-11-17(24-16(25)13-5-3-7-22-10-13)26-15(23-11)9-12-4-2-6-14(8-12)18(19,20)21;/h2,4,6,8,13,22H,3,5,7,9-10H2,1H3,(H,24,25);1H. The molecular formula is C18H21ClF3N3OS. The van der Waals surface area contributed by atoms with E-state index in [1.807, 2.05) is 0 Å². The number of piperidine rings is 1. The van der Waals surface area contributed by atoms with E-state index in [0.717, 1.165) is 31.5 Å². The third kappa shape index (κ3) is 5.67. The highest BCUT2D eigenvalue weighted by atomic mass is 35.5. The van der Waals surface area contributed by atoms with E-state index in [1.54, 1.807) is 13.0 Å². The average molecular weight is 420 g/mol. The van der Waals surface area contributed by atoms with E-state index in [-0.39, 0.29) is 24.2 Å². The normalized spacial score (nSPS) is 17.3. The molecule has 148 valence electrons. The van der Waals surface area contributed by atoms with Crippen molar-refractivity contribution >= 4 is 34.7 Å². The zero-order chi connectivity index (χ0) is 18.7. The van der Waals surface area contributed by atoms with E-state index in [0.29, 0.717) is 34.2 Å². The highest BCUT2D eigenvalue weighted by molar-refractivity contribution is 7.16. The molecule has 2 heterocycles. The molecule has 2 aromatic rings. The van der Waals surface area contributed by atoms with Crippen molar-refractivity contribution < 1.29 is 18.0 Å². The van der Waals surface area contributed by atoms with Gasteiger partial charge in [0.15, 0.2) is 0 Å². The lowest BCUT2D eigenvalue weighted by atomic mass is 9.99. The molecule has 1 saturated heterocycles. The Morgan fingerprint density at radius 1 is 1.41 bits per heavy atom. The predicted molar refractivity (Wildman–Crippen MR) is 103 cm³/mol. The molecule has 1 amide bonds. The summed E-state index contributed by atoms with van der Waals surface area (Å²) in [6.07, 6.45) is -2.23. The summed E-state index contributed by atoms with van der Waals surface area (Å²) in [5, 5.41) is 7.47. The number of nitrogens with one attached hydrogen (secondary N) is 2. The average Bonchev–Trinajstić information content (AvgIpc) is 2.94. The molecule has 9 heteroatoms. The van der Waals surface area contributed by atoms with Gasteiger partial charge in [-0.1, -0.05) is 18.2 Å². The minimum absolute atomic E-state index is 0. The Morgan fingerprint density at radius 2 is 2.19 bits per heavy atom. The third-order valence-corrected chi connectivity index (χ3v) is 5.43. The Kier molecular flexibility index (Phi) is 7.25. The topological polar surface area (TPSA) is 54.0 Å². The van der Waals surface area contributed by atoms with Crippen LogP contribution >= 0.6 is 23.7 Å². The lowest BCUT2D eigenvalue weighted by Gasteiger charge is -2.21. The van der Waals surface area contributed by atoms with Crippen molar-refractivity contribution in [3.8, 4) is 0 Å². The predicted octanol–water partition coefficient (Wildman–Crippen LogP) is 4.42. The fourth-order valence-corrected chi connectivity index (χ4v) is 3.97. The van der Waals surface area contributed by atoms with Gasteiger partial charge in [-0.15, -0.1) is 23.7 Å². The second-order valence-electron chi connectivity index (χ2n) is 6.43. The number of thiazole rings is 1. The van der Waals surface area contributed by atoms with Gasteiger partial charge in [-0.3, -0.25) is 4.79 Å². The summed E-state index contributed by atoms with van der Waals surface area (Å²) < 4.78 is 38.5. The van der Waals surface area contributed by atoms with Crippen LogP contribution in [0.1, 0.15) is 34.7 Å². The number of carbonyl (C=O) groups is 1. The molecular weight excluding hydrogens is 399 g/mol. The monoisotopic (exact) mass is 419 g/mol. The number of nitrogens with zero attached hydrogens (tertiary/aromatic N) is 1. The number of alkyl halides is 3. The van der Waals surface area contributed by atoms with Crippen molar-refractivity contribution in [1.29, 1.82) is 0 Å². The van der Waals surface area contributed by atoms with Gasteiger partial charge >= 0.3 is 6.18 Å². The number of aromatic nitrogens is 1. The van der Waals surface area contributed by atoms with Gasteiger partial charge in [-0.25, -0.2) is 4.98 Å². The first-order valence-corrected chi connectivity index (χ1v) is 9.28. The van der Waals surface area contributed by atoms with Gasteiger partial charge in [0.1, 0.15) is 5.00 Å². The first kappa shape index (κ1) is 21.7. The van der Waals surface area contributed by atoms with Gasteiger partial charge in [0.2, 0.25) is 5.91 Å². The second-order valence-corrected chi connectivity index (χ2v) is 7.51. The smallest absolute Gasteiger partial charge is 0.316 e. The number of halogens is 4. The zero-order valence-corrected chi connectivity index (χ0v) is 16.4. The van der Waals surface area contributed by atoms with Crippen LogP contribution in [0.4, 0.5) is 18.2 Å². The van der Waals surface area contributed by atoms with Crippen LogP contribution in [0, 0.1) is 12.8 Å². The number of aryl methyl sites for hydroxylation is 1. The Bertz CT molecular complexity index is 788. The molecule has 1 unspecified atom stereocenters. The molecule has 1 aromatic heterocycles. The first-order valence-electron chi connectivity index (χ1n) is 8.47. The van der Waals surface area contributed by atoms with Gasteiger partial charge < -0.3 is 10.6 Å². The van der Waals surface area contributed by atoms with Crippen LogP contribution < -0.4 is 10.6 Å². The Morgan fingerprint density at radius 3 is 2.85 bits per heavy atom. The van der Waals surface area contributed by atoms with Crippen molar-refractivity contribution in [3.63, 3.8) is 0 Å². The van der Waals surface area contributed by atoms with E-state index in [2.05, 4.69) is 15.6 Å². The molecule has 1 aliphatic heterocycles. The Labute approximate surface area is 166 Å². The van der Waals surface area contributed by atoms with Crippen molar-refractivity contribution in [2.45, 2.75) is 32.4 Å². The number of carbonyl (C=O) groups excluding carboxylic acids is 1. The SMILES string of the molecule is Cc1nc(Cc2cccc(C(F)(F)F)c2)sc1NC(=O)C1CCCNC1.Cl. The van der Waals surface area contributed by atoms with Crippen LogP contribution in [-0.4, -0.2) is 24.0 Å². The van der Waals surface area contributed by atoms with Crippen molar-refractivity contribution in [2.75, 3.05) is 18.4 Å². The molecule has 3 rings (SSSR count). The molecule has 0 spiro atoms. The quantitative estimate of drug-likeness (QED) is 0.771. The second kappa shape index (κ2) is 9.03. The number of hydrogen-bond donors (Lipinski definition) is 2. The van der Waals surface area contributed by atoms with Gasteiger partial charge in [0.25, 0.3) is 0 Å². The summed E-state index contributed by atoms with van der Waals surface area (Å²) in [5.41, 5.74) is 0.568. The fourth-order valence-electron chi connectivity index (χ4n) is 2.97. The highest BCUT2D eigenvalue weighted by Gasteiger charge is 2.30. The summed E-state index contributed by atoms with van der Waals surface area (Å²) in [6, 6.07) is 5.25. The van der Waals surface area contributed by atoms with E-state index >= 15 is 0 Å². The Balaban J connectivity index is 0.00000261. The van der Waals surface area contributed by atoms with Crippen molar-refractivity contribution in [1.82, 2.24) is 10.3 Å². The molecule has 0 bridgehead atoms. The molecule has 1 aliphatic rings. The molecule has 1 aromatic carbocycles. The molecule has 0 saturated carbocycles. The van der Waals surface area contributed by atoms with Gasteiger partial charge in [-0.2, -0.15) is 13.2 Å². The van der Waals surface area contributed by atoms with Crippen molar-refractivity contribution in [3.05, 3.63) is 46.1 Å². The minimum atomic E-state index is -4.36. The van der Waals surface area contributed by atoms with E-state index in [1.165, 1.54) is 17.4 Å². The van der Waals surface area contributed by atoms with Crippen LogP contribution in [0.3, 0.4) is 0 Å². The zero-order valence-electron chi connectivity index (χ0n) is 14.7. The largest absolute Gasteiger partial charge is 0.416 e. The van der Waals surface area contributed by atoms with Crippen LogP contribution in [0.15, 0.2) is 24.3 Å². The summed E-state index contributed by atoms with van der Waals surface area (Å²) in [5.74, 6) is -0.0910. The number of anilines is 1. The summed E-state index contributed by atoms with van der Waals surface area (Å²) in [6.45, 7) is 3.39. The first-order chi connectivity index (χ1) is 12.3. The molecule has 0 aliphatic carbocycles. The molecule has 1 fully saturated rings. The number of hydrogen-bond acceptors (Lipinski definition) is 4. The maximum atomic E-state index is 12.8. The van der Waals surface area contributed by atoms with Crippen LogP contribution in [0.5, 0.6) is 0 Å². The summed E-state index contributed by atoms with van der Waals surface area (Å²) in [4.78, 5) is 16.7. The molecule has 27 heavy (non-hydrogen) atoms.